The summed E-state index contributed by atoms with van der Waals surface area (Å²) in [6.45, 7) is 2.35. The Morgan fingerprint density at radius 2 is 1.63 bits per heavy atom. The lowest BCUT2D eigenvalue weighted by atomic mass is 10.0. The van der Waals surface area contributed by atoms with Gasteiger partial charge >= 0.3 is 0 Å². The Morgan fingerprint density at radius 1 is 0.926 bits per heavy atom. The molecule has 0 bridgehead atoms. The van der Waals surface area contributed by atoms with E-state index in [1.807, 2.05) is 42.5 Å². The molecule has 1 radical (unpaired) electrons. The minimum atomic E-state index is -0.0697. The first kappa shape index (κ1) is 19.8. The van der Waals surface area contributed by atoms with Gasteiger partial charge in [0.05, 0.1) is 33.5 Å². The van der Waals surface area contributed by atoms with Gasteiger partial charge in [-0.3, -0.25) is 9.76 Å². The molecule has 0 fully saturated rings. The number of hydrogen-bond donors (Lipinski definition) is 1. The van der Waals surface area contributed by atoms with Crippen LogP contribution in [0.4, 0.5) is 0 Å². The Balaban J connectivity index is 1.47. The molecule has 2 aromatic carbocycles. The minimum Gasteiger partial charge on any atom is -0.634 e. The van der Waals surface area contributed by atoms with Crippen molar-refractivity contribution >= 4 is 9.76 Å². The highest BCUT2D eigenvalue weighted by Crippen LogP contribution is 2.36. The van der Waals surface area contributed by atoms with Gasteiger partial charge in [-0.05, 0) is 34.8 Å². The van der Waals surface area contributed by atoms with Crippen molar-refractivity contribution in [3.05, 3.63) is 77.4 Å². The van der Waals surface area contributed by atoms with Crippen molar-refractivity contribution in [2.45, 2.75) is 25.2 Å². The Kier molecular flexibility index (Phi) is 7.65. The fourth-order valence-electron chi connectivity index (χ4n) is 3.27. The Morgan fingerprint density at radius 3 is 2.33 bits per heavy atom. The first-order valence-electron chi connectivity index (χ1n) is 9.21. The summed E-state index contributed by atoms with van der Waals surface area (Å²) in [5.41, 5.74) is 3.77. The highest BCUT2D eigenvalue weighted by Gasteiger charge is 2.23. The zero-order valence-electron chi connectivity index (χ0n) is 15.6. The topological polar surface area (TPSA) is 47.9 Å². The molecule has 0 heterocycles. The molecule has 1 aliphatic carbocycles. The van der Waals surface area contributed by atoms with Crippen LogP contribution in [0.3, 0.4) is 0 Å². The largest absolute Gasteiger partial charge is 0.634 e. The lowest BCUT2D eigenvalue weighted by molar-refractivity contribution is 0.0843. The fourth-order valence-corrected chi connectivity index (χ4v) is 3.98. The Bertz CT molecular complexity index is 715. The van der Waals surface area contributed by atoms with E-state index in [1.165, 1.54) is 11.1 Å². The zero-order chi connectivity index (χ0) is 18.9. The summed E-state index contributed by atoms with van der Waals surface area (Å²) in [5.74, 6) is 1.08. The number of hydrogen-bond acceptors (Lipinski definition) is 4. The summed E-state index contributed by atoms with van der Waals surface area (Å²) < 4.78 is 17.0. The third-order valence-electron chi connectivity index (χ3n) is 4.87. The number of rotatable bonds is 10. The van der Waals surface area contributed by atoms with Gasteiger partial charge in [0.1, 0.15) is 5.75 Å². The maximum atomic E-state index is 9.71. The molecule has 143 valence electrons. The monoisotopic (exact) mass is 382 g/mol. The first-order valence-corrected chi connectivity index (χ1v) is 10.2. The van der Waals surface area contributed by atoms with E-state index in [1.54, 1.807) is 7.11 Å². The number of ether oxygens (including phenoxy) is 3. The van der Waals surface area contributed by atoms with E-state index in [0.717, 1.165) is 17.7 Å². The summed E-state index contributed by atoms with van der Waals surface area (Å²) in [7, 11) is 1.59. The normalized spacial score (nSPS) is 19.1. The van der Waals surface area contributed by atoms with Crippen LogP contribution in [0.15, 0.2) is 66.2 Å². The van der Waals surface area contributed by atoms with Crippen molar-refractivity contribution in [2.75, 3.05) is 20.3 Å². The molecule has 27 heavy (non-hydrogen) atoms. The molecule has 2 atom stereocenters. The molecule has 2 aromatic rings. The molecule has 3 rings (SSSR count). The molecular weight excluding hydrogens is 356 g/mol. The second kappa shape index (κ2) is 10.4. The molecule has 4 nitrogen and oxygen atoms in total. The van der Waals surface area contributed by atoms with Crippen LogP contribution in [0.1, 0.15) is 17.5 Å². The van der Waals surface area contributed by atoms with E-state index >= 15 is 0 Å². The van der Waals surface area contributed by atoms with Gasteiger partial charge in [0.25, 0.3) is 0 Å². The van der Waals surface area contributed by atoms with Gasteiger partial charge in [0, 0.05) is 0 Å². The van der Waals surface area contributed by atoms with Crippen LogP contribution in [-0.4, -0.2) is 34.9 Å². The summed E-state index contributed by atoms with van der Waals surface area (Å²) in [4.78, 5) is 9.71. The van der Waals surface area contributed by atoms with Gasteiger partial charge in [-0.25, -0.2) is 0 Å². The second-order valence-corrected chi connectivity index (χ2v) is 7.70. The van der Waals surface area contributed by atoms with Crippen LogP contribution >= 0.6 is 0 Å². The predicted octanol–water partition coefficient (Wildman–Crippen LogP) is 3.77. The standard InChI is InChI=1S/C22H26O4Si/c1-24-20-10-7-18(8-11-20)14-25-15-19-9-12-22(27-23)21(19)16-26-13-17-5-3-2-4-6-17/h2-11,21-23H,12-16H2,1H3/q-1/t21-,22-/m0/s1. The number of allylic oxidation sites excluding steroid dienone is 1. The van der Waals surface area contributed by atoms with Crippen molar-refractivity contribution in [2.24, 2.45) is 5.92 Å². The van der Waals surface area contributed by atoms with Crippen LogP contribution in [0.2, 0.25) is 5.54 Å². The quantitative estimate of drug-likeness (QED) is 0.502. The van der Waals surface area contributed by atoms with Crippen molar-refractivity contribution in [1.29, 1.82) is 0 Å². The van der Waals surface area contributed by atoms with Crippen LogP contribution in [0, 0.1) is 5.92 Å². The molecule has 1 aliphatic rings. The van der Waals surface area contributed by atoms with Gasteiger partial charge in [0.15, 0.2) is 0 Å². The molecule has 0 saturated carbocycles. The highest BCUT2D eigenvalue weighted by atomic mass is 28.2. The summed E-state index contributed by atoms with van der Waals surface area (Å²) >= 11 is 0. The molecular formula is C22H26O4Si-. The molecule has 0 amide bonds. The van der Waals surface area contributed by atoms with Crippen LogP contribution in [-0.2, 0) is 22.7 Å². The van der Waals surface area contributed by atoms with Crippen molar-refractivity contribution in [3.8, 4) is 5.75 Å². The van der Waals surface area contributed by atoms with Crippen molar-refractivity contribution in [1.82, 2.24) is 0 Å². The zero-order valence-corrected chi connectivity index (χ0v) is 16.6. The lowest BCUT2D eigenvalue weighted by Crippen LogP contribution is -2.20. The Hall–Kier alpha value is -1.92. The highest BCUT2D eigenvalue weighted by molar-refractivity contribution is 6.28. The maximum absolute atomic E-state index is 9.71. The number of benzene rings is 2. The van der Waals surface area contributed by atoms with Crippen molar-refractivity contribution < 1.29 is 19.0 Å². The van der Waals surface area contributed by atoms with E-state index in [9.17, 15) is 4.80 Å². The van der Waals surface area contributed by atoms with E-state index in [0.29, 0.717) is 26.4 Å². The third kappa shape index (κ3) is 5.78. The second-order valence-electron chi connectivity index (χ2n) is 6.70. The molecule has 5 heteroatoms. The Labute approximate surface area is 163 Å². The third-order valence-corrected chi connectivity index (χ3v) is 5.84. The van der Waals surface area contributed by atoms with E-state index < -0.39 is 0 Å². The molecule has 0 aliphatic heterocycles. The first-order chi connectivity index (χ1) is 13.3. The SMILES string of the molecule is COc1ccc(COCC2=CC[C@H]([Si-]O)[C@H]2COCc2ccccc2)cc1. The molecule has 0 unspecified atom stereocenters. The van der Waals surface area contributed by atoms with Crippen molar-refractivity contribution in [3.63, 3.8) is 0 Å². The summed E-state index contributed by atoms with van der Waals surface area (Å²) in [6, 6.07) is 18.1. The van der Waals surface area contributed by atoms with Gasteiger partial charge in [-0.2, -0.15) is 5.54 Å². The fraction of sp³-hybridized carbons (Fsp3) is 0.364. The number of methoxy groups -OCH3 is 1. The van der Waals surface area contributed by atoms with Crippen LogP contribution < -0.4 is 4.74 Å². The van der Waals surface area contributed by atoms with Gasteiger partial charge in [-0.1, -0.05) is 55.0 Å². The molecule has 1 N–H and O–H groups in total. The smallest absolute Gasteiger partial charge is 0.118 e. The van der Waals surface area contributed by atoms with Crippen LogP contribution in [0.5, 0.6) is 5.75 Å². The van der Waals surface area contributed by atoms with Gasteiger partial charge in [-0.15, -0.1) is 0 Å². The summed E-state index contributed by atoms with van der Waals surface area (Å²) in [6.07, 6.45) is 3.11. The average Bonchev–Trinajstić information content (AvgIpc) is 3.11. The van der Waals surface area contributed by atoms with E-state index in [2.05, 4.69) is 18.2 Å². The van der Waals surface area contributed by atoms with E-state index in [4.69, 9.17) is 14.2 Å². The molecule has 0 saturated heterocycles. The lowest BCUT2D eigenvalue weighted by Gasteiger charge is -2.29. The van der Waals surface area contributed by atoms with Gasteiger partial charge in [0.2, 0.25) is 0 Å². The molecule has 0 aromatic heterocycles. The summed E-state index contributed by atoms with van der Waals surface area (Å²) in [5, 5.41) is 0. The average molecular weight is 383 g/mol. The minimum absolute atomic E-state index is 0.0697. The maximum Gasteiger partial charge on any atom is 0.118 e. The molecule has 0 spiro atoms. The van der Waals surface area contributed by atoms with E-state index in [-0.39, 0.29) is 21.2 Å². The van der Waals surface area contributed by atoms with Gasteiger partial charge < -0.3 is 19.0 Å². The van der Waals surface area contributed by atoms with Crippen LogP contribution in [0.25, 0.3) is 0 Å². The predicted molar refractivity (Wildman–Crippen MR) is 107 cm³/mol.